The van der Waals surface area contributed by atoms with E-state index in [1.54, 1.807) is 19.1 Å². The smallest absolute Gasteiger partial charge is 0.414 e. The van der Waals surface area contributed by atoms with Crippen LogP contribution >= 0.6 is 0 Å². The molecule has 10 nitrogen and oxygen atoms in total. The molecule has 0 aliphatic rings. The molecule has 0 aliphatic carbocycles. The first-order chi connectivity index (χ1) is 16.1. The number of ether oxygens (including phenoxy) is 1. The van der Waals surface area contributed by atoms with Crippen molar-refractivity contribution in [2.75, 3.05) is 27.6 Å². The Bertz CT molecular complexity index is 907. The zero-order valence-corrected chi connectivity index (χ0v) is 15.4. The summed E-state index contributed by atoms with van der Waals surface area (Å²) in [6, 6.07) is 5.59. The van der Waals surface area contributed by atoms with E-state index in [1.807, 2.05) is 0 Å². The van der Waals surface area contributed by atoms with E-state index in [1.165, 1.54) is 24.1 Å². The Morgan fingerprint density at radius 3 is 2.21 bits per heavy atom. The standard InChI is InChI=1S/C14H22N2O2.C4H6O6/c1-6-16(5)14(17)18-13-9-7-8-12(10-13)11(2)15(3)4;5-1(3(7)8)2(6)4(9)10/h7-11H,6H2,1-5H3;1-2,5-6H,(H,7,8)(H,9,10)/t11-;/m0./s1/i1+1D3,3+1D3,6D2;. The molecule has 0 aromatic heterocycles. The van der Waals surface area contributed by atoms with Gasteiger partial charge in [0.2, 0.25) is 0 Å². The Kier molecular flexibility index (Phi) is 6.09. The number of carbonyl (C=O) groups is 3. The molecule has 0 fully saturated rings. The summed E-state index contributed by atoms with van der Waals surface area (Å²) in [4.78, 5) is 33.2. The number of carboxylic acid groups (broad SMARTS) is 2. The molecule has 3 atom stereocenters. The summed E-state index contributed by atoms with van der Waals surface area (Å²) >= 11 is 0. The van der Waals surface area contributed by atoms with Crippen LogP contribution in [0.2, 0.25) is 0 Å². The highest BCUT2D eigenvalue weighted by molar-refractivity contribution is 5.83. The minimum atomic E-state index is -3.04. The average molecular weight is 410 g/mol. The molecule has 2 unspecified atom stereocenters. The van der Waals surface area contributed by atoms with Crippen LogP contribution in [0.5, 0.6) is 5.75 Å². The normalized spacial score (nSPS) is 19.2. The highest BCUT2D eigenvalue weighted by atomic mass is 16.6. The van der Waals surface area contributed by atoms with Crippen LogP contribution in [0.4, 0.5) is 4.79 Å². The van der Waals surface area contributed by atoms with E-state index < -0.39 is 56.6 Å². The highest BCUT2D eigenvalue weighted by Crippen LogP contribution is 2.22. The minimum Gasteiger partial charge on any atom is -0.479 e. The third kappa shape index (κ3) is 8.33. The van der Waals surface area contributed by atoms with Crippen molar-refractivity contribution in [3.8, 4) is 5.75 Å². The lowest BCUT2D eigenvalue weighted by molar-refractivity contribution is -0.165. The van der Waals surface area contributed by atoms with E-state index >= 15 is 0 Å². The topological polar surface area (TPSA) is 148 Å². The van der Waals surface area contributed by atoms with Crippen molar-refractivity contribution >= 4 is 18.0 Å². The number of aliphatic hydroxyl groups is 2. The number of rotatable bonds is 7. The van der Waals surface area contributed by atoms with Crippen LogP contribution < -0.4 is 4.74 Å². The second kappa shape index (κ2) is 11.9. The lowest BCUT2D eigenvalue weighted by Gasteiger charge is -2.21. The monoisotopic (exact) mass is 410 g/mol. The van der Waals surface area contributed by atoms with Crippen molar-refractivity contribution in [3.63, 3.8) is 0 Å². The molecule has 1 aromatic carbocycles. The predicted octanol–water partition coefficient (Wildman–Crippen LogP) is 0.637. The van der Waals surface area contributed by atoms with E-state index in [9.17, 15) is 14.4 Å². The average Bonchev–Trinajstić information content (AvgIpc) is 2.75. The van der Waals surface area contributed by atoms with E-state index in [4.69, 9.17) is 36.1 Å². The molecule has 158 valence electrons. The van der Waals surface area contributed by atoms with Gasteiger partial charge in [-0.05, 0) is 45.5 Å². The van der Waals surface area contributed by atoms with Gasteiger partial charge in [-0.3, -0.25) is 0 Å². The van der Waals surface area contributed by atoms with Gasteiger partial charge in [0.1, 0.15) is 5.75 Å². The Labute approximate surface area is 174 Å². The molecule has 10 heteroatoms. The highest BCUT2D eigenvalue weighted by Gasteiger charge is 2.29. The van der Waals surface area contributed by atoms with Crippen molar-refractivity contribution < 1.29 is 50.5 Å². The molecule has 0 aliphatic heterocycles. The first-order valence-electron chi connectivity index (χ1n) is 11.7. The van der Waals surface area contributed by atoms with Crippen LogP contribution in [0.15, 0.2) is 24.3 Å². The molecular weight excluding hydrogens is 374 g/mol. The first-order valence-corrected chi connectivity index (χ1v) is 7.66. The van der Waals surface area contributed by atoms with E-state index in [2.05, 4.69) is 0 Å². The van der Waals surface area contributed by atoms with Gasteiger partial charge in [-0.2, -0.15) is 0 Å². The van der Waals surface area contributed by atoms with Gasteiger partial charge < -0.3 is 35.0 Å². The Morgan fingerprint density at radius 2 is 1.75 bits per heavy atom. The summed E-state index contributed by atoms with van der Waals surface area (Å²) in [6.45, 7) is -6.58. The SMILES string of the molecule is O=C(O)C(O)C(O)C(=O)O.[2H]C([2H])(N(C)C(=O)Oc1cccc([C@H](C)N(C)[13C]([2H])([2H])[2H])c1)[13C]([2H])([2H])[2H]. The number of benzene rings is 1. The molecule has 1 rings (SSSR count). The maximum atomic E-state index is 12.1. The fraction of sp³-hybridized carbons (Fsp3) is 0.500. The molecule has 1 aromatic rings. The van der Waals surface area contributed by atoms with Crippen LogP contribution in [0, 0.1) is 0 Å². The second-order valence-corrected chi connectivity index (χ2v) is 5.46. The molecule has 0 saturated heterocycles. The Hall–Kier alpha value is -2.69. The largest absolute Gasteiger partial charge is 0.479 e. The van der Waals surface area contributed by atoms with Gasteiger partial charge in [0.15, 0.2) is 12.2 Å². The van der Waals surface area contributed by atoms with Crippen molar-refractivity contribution in [2.45, 2.75) is 32.0 Å². The van der Waals surface area contributed by atoms with Gasteiger partial charge in [-0.25, -0.2) is 14.4 Å². The molecule has 0 spiro atoms. The quantitative estimate of drug-likeness (QED) is 0.475. The van der Waals surface area contributed by atoms with Crippen molar-refractivity contribution in [1.29, 1.82) is 0 Å². The molecule has 4 N–H and O–H groups in total. The van der Waals surface area contributed by atoms with Crippen molar-refractivity contribution in [3.05, 3.63) is 29.8 Å². The fourth-order valence-electron chi connectivity index (χ4n) is 1.55. The number of carbonyl (C=O) groups excluding carboxylic acids is 1. The van der Waals surface area contributed by atoms with Crippen LogP contribution in [0.3, 0.4) is 0 Å². The zero-order chi connectivity index (χ0) is 28.8. The fourth-order valence-corrected chi connectivity index (χ4v) is 1.55. The number of hydrogen-bond acceptors (Lipinski definition) is 7. The van der Waals surface area contributed by atoms with E-state index in [0.29, 0.717) is 10.5 Å². The summed E-state index contributed by atoms with van der Waals surface area (Å²) in [5.41, 5.74) is 0.565. The summed E-state index contributed by atoms with van der Waals surface area (Å²) in [5, 5.41) is 32.5. The molecule has 0 bridgehead atoms. The number of amides is 1. The van der Waals surface area contributed by atoms with E-state index in [-0.39, 0.29) is 5.75 Å². The molecule has 0 heterocycles. The molecular formula is C18H28N2O8. The Morgan fingerprint density at radius 1 is 1.18 bits per heavy atom. The zero-order valence-electron chi connectivity index (χ0n) is 23.4. The third-order valence-corrected chi connectivity index (χ3v) is 3.37. The number of hydrogen-bond donors (Lipinski definition) is 4. The Balaban J connectivity index is 0.00000103. The maximum Gasteiger partial charge on any atom is 0.414 e. The van der Waals surface area contributed by atoms with E-state index in [0.717, 1.165) is 7.05 Å². The molecule has 1 amide bonds. The summed E-state index contributed by atoms with van der Waals surface area (Å²) < 4.78 is 64.1. The van der Waals surface area contributed by atoms with Gasteiger partial charge >= 0.3 is 18.0 Å². The summed E-state index contributed by atoms with van der Waals surface area (Å²) in [5.74, 6) is -3.49. The van der Waals surface area contributed by atoms with Crippen LogP contribution in [-0.4, -0.2) is 88.0 Å². The van der Waals surface area contributed by atoms with Crippen molar-refractivity contribution in [2.24, 2.45) is 0 Å². The number of nitrogens with zero attached hydrogens (tertiary/aromatic N) is 2. The minimum absolute atomic E-state index is 0.0477. The lowest BCUT2D eigenvalue weighted by Crippen LogP contribution is -2.39. The van der Waals surface area contributed by atoms with Crippen LogP contribution in [-0.2, 0) is 9.59 Å². The predicted molar refractivity (Wildman–Crippen MR) is 100 cm³/mol. The van der Waals surface area contributed by atoms with Crippen molar-refractivity contribution in [1.82, 2.24) is 9.80 Å². The van der Waals surface area contributed by atoms with Crippen LogP contribution in [0.1, 0.15) is 36.3 Å². The van der Waals surface area contributed by atoms with Crippen LogP contribution in [0.25, 0.3) is 0 Å². The number of aliphatic hydroxyl groups excluding tert-OH is 2. The number of carboxylic acids is 2. The second-order valence-electron chi connectivity index (χ2n) is 5.46. The summed E-state index contributed by atoms with van der Waals surface area (Å²) in [7, 11) is 2.43. The van der Waals surface area contributed by atoms with Gasteiger partial charge in [0.25, 0.3) is 0 Å². The van der Waals surface area contributed by atoms with Gasteiger partial charge in [0, 0.05) is 30.6 Å². The molecule has 0 radical (unpaired) electrons. The first kappa shape index (κ1) is 14.3. The lowest BCUT2D eigenvalue weighted by atomic mass is 10.1. The molecule has 0 saturated carbocycles. The number of aliphatic carboxylic acids is 2. The summed E-state index contributed by atoms with van der Waals surface area (Å²) in [6.07, 6.45) is -5.71. The van der Waals surface area contributed by atoms with Gasteiger partial charge in [-0.1, -0.05) is 12.1 Å². The molecule has 28 heavy (non-hydrogen) atoms. The van der Waals surface area contributed by atoms with Gasteiger partial charge in [0.05, 0.1) is 0 Å². The van der Waals surface area contributed by atoms with Gasteiger partial charge in [-0.15, -0.1) is 0 Å². The third-order valence-electron chi connectivity index (χ3n) is 3.37. The maximum absolute atomic E-state index is 12.1.